The van der Waals surface area contributed by atoms with E-state index in [1.54, 1.807) is 0 Å². The van der Waals surface area contributed by atoms with Gasteiger partial charge in [-0.3, -0.25) is 0 Å². The lowest BCUT2D eigenvalue weighted by Crippen LogP contribution is -2.19. The van der Waals surface area contributed by atoms with Crippen LogP contribution < -0.4 is 4.90 Å². The first-order valence-corrected chi connectivity index (χ1v) is 8.00. The minimum absolute atomic E-state index is 0.773. The quantitative estimate of drug-likeness (QED) is 0.552. The van der Waals surface area contributed by atoms with E-state index in [2.05, 4.69) is 24.9 Å². The molecule has 1 aromatic rings. The van der Waals surface area contributed by atoms with Crippen LogP contribution in [0.15, 0.2) is 24.3 Å². The van der Waals surface area contributed by atoms with Crippen LogP contribution in [0.5, 0.6) is 0 Å². The maximum Gasteiger partial charge on any atom is 0.101 e. The predicted octanol–water partition coefficient (Wildman–Crippen LogP) is 5.14. The molecular weight excluding hydrogens is 244 g/mol. The molecule has 1 rings (SSSR count). The highest BCUT2D eigenvalue weighted by Gasteiger charge is 2.05. The molecule has 0 aromatic heterocycles. The van der Waals surface area contributed by atoms with Gasteiger partial charge in [0.15, 0.2) is 0 Å². The van der Waals surface area contributed by atoms with Crippen molar-refractivity contribution in [3.63, 3.8) is 0 Å². The zero-order valence-corrected chi connectivity index (χ0v) is 13.1. The van der Waals surface area contributed by atoms with E-state index in [0.717, 1.165) is 17.8 Å². The number of unbranched alkanes of at least 4 members (excludes halogenated alkanes) is 7. The molecule has 0 spiro atoms. The van der Waals surface area contributed by atoms with Crippen molar-refractivity contribution < 1.29 is 0 Å². The van der Waals surface area contributed by atoms with E-state index in [0.29, 0.717) is 0 Å². The standard InChI is InChI=1S/C18H28N2/c1-3-4-5-6-7-8-9-12-15-20(2)18-14-11-10-13-17(18)16-19/h10-11,13-14H,3-9,12,15H2,1-2H3. The Hall–Kier alpha value is -1.49. The summed E-state index contributed by atoms with van der Waals surface area (Å²) in [5, 5.41) is 9.10. The third-order valence-electron chi connectivity index (χ3n) is 3.78. The number of hydrogen-bond donors (Lipinski definition) is 0. The summed E-state index contributed by atoms with van der Waals surface area (Å²) < 4.78 is 0. The van der Waals surface area contributed by atoms with E-state index < -0.39 is 0 Å². The lowest BCUT2D eigenvalue weighted by atomic mass is 10.1. The Morgan fingerprint density at radius 3 is 2.20 bits per heavy atom. The number of benzene rings is 1. The number of nitriles is 1. The molecule has 0 saturated carbocycles. The first kappa shape index (κ1) is 16.6. The van der Waals surface area contributed by atoms with Crippen molar-refractivity contribution >= 4 is 5.69 Å². The Bertz CT molecular complexity index is 406. The van der Waals surface area contributed by atoms with Gasteiger partial charge in [-0.1, -0.05) is 64.0 Å². The van der Waals surface area contributed by atoms with Gasteiger partial charge in [0, 0.05) is 13.6 Å². The molecule has 0 atom stereocenters. The van der Waals surface area contributed by atoms with Crippen LogP contribution >= 0.6 is 0 Å². The van der Waals surface area contributed by atoms with Crippen LogP contribution in [0.4, 0.5) is 5.69 Å². The summed E-state index contributed by atoms with van der Waals surface area (Å²) in [5.41, 5.74) is 1.83. The van der Waals surface area contributed by atoms with E-state index in [4.69, 9.17) is 5.26 Å². The molecule has 0 bridgehead atoms. The minimum atomic E-state index is 0.773. The third kappa shape index (κ3) is 6.10. The van der Waals surface area contributed by atoms with Crippen molar-refractivity contribution in [1.82, 2.24) is 0 Å². The van der Waals surface area contributed by atoms with Crippen LogP contribution in [-0.4, -0.2) is 13.6 Å². The van der Waals surface area contributed by atoms with Gasteiger partial charge in [-0.2, -0.15) is 5.26 Å². The first-order valence-electron chi connectivity index (χ1n) is 8.00. The van der Waals surface area contributed by atoms with Gasteiger partial charge in [-0.15, -0.1) is 0 Å². The van der Waals surface area contributed by atoms with Crippen LogP contribution in [0, 0.1) is 11.3 Å². The summed E-state index contributed by atoms with van der Waals surface area (Å²) in [7, 11) is 2.08. The Morgan fingerprint density at radius 1 is 0.950 bits per heavy atom. The Morgan fingerprint density at radius 2 is 1.55 bits per heavy atom. The van der Waals surface area contributed by atoms with Crippen LogP contribution in [0.2, 0.25) is 0 Å². The fraction of sp³-hybridized carbons (Fsp3) is 0.611. The smallest absolute Gasteiger partial charge is 0.101 e. The summed E-state index contributed by atoms with van der Waals surface area (Å²) in [5.74, 6) is 0. The monoisotopic (exact) mass is 272 g/mol. The number of nitrogens with zero attached hydrogens (tertiary/aromatic N) is 2. The van der Waals surface area contributed by atoms with Crippen molar-refractivity contribution in [1.29, 1.82) is 5.26 Å². The number of para-hydroxylation sites is 1. The van der Waals surface area contributed by atoms with Gasteiger partial charge in [0.25, 0.3) is 0 Å². The molecule has 2 nitrogen and oxygen atoms in total. The number of rotatable bonds is 10. The number of anilines is 1. The Labute approximate surface area is 124 Å². The van der Waals surface area contributed by atoms with Crippen LogP contribution in [0.1, 0.15) is 63.9 Å². The molecular formula is C18H28N2. The summed E-state index contributed by atoms with van der Waals surface area (Å²) in [6.07, 6.45) is 10.7. The number of hydrogen-bond acceptors (Lipinski definition) is 2. The fourth-order valence-electron chi connectivity index (χ4n) is 2.50. The average Bonchev–Trinajstić information content (AvgIpc) is 2.49. The van der Waals surface area contributed by atoms with Gasteiger partial charge in [-0.25, -0.2) is 0 Å². The highest BCUT2D eigenvalue weighted by atomic mass is 15.1. The molecule has 0 saturated heterocycles. The van der Waals surface area contributed by atoms with E-state index in [1.807, 2.05) is 24.3 Å². The van der Waals surface area contributed by atoms with Gasteiger partial charge in [0.2, 0.25) is 0 Å². The van der Waals surface area contributed by atoms with Crippen LogP contribution in [0.25, 0.3) is 0 Å². The molecule has 1 aromatic carbocycles. The molecule has 0 aliphatic heterocycles. The zero-order chi connectivity index (χ0) is 14.6. The van der Waals surface area contributed by atoms with Crippen molar-refractivity contribution in [3.8, 4) is 6.07 Å². The molecule has 0 amide bonds. The third-order valence-corrected chi connectivity index (χ3v) is 3.78. The van der Waals surface area contributed by atoms with E-state index >= 15 is 0 Å². The highest BCUT2D eigenvalue weighted by Crippen LogP contribution is 2.18. The maximum atomic E-state index is 9.10. The Kier molecular flexibility index (Phi) is 8.54. The molecule has 110 valence electrons. The van der Waals surface area contributed by atoms with E-state index in [-0.39, 0.29) is 0 Å². The molecule has 0 fully saturated rings. The molecule has 0 N–H and O–H groups in total. The van der Waals surface area contributed by atoms with Crippen molar-refractivity contribution in [2.45, 2.75) is 58.3 Å². The second-order valence-corrected chi connectivity index (χ2v) is 5.53. The largest absolute Gasteiger partial charge is 0.374 e. The van der Waals surface area contributed by atoms with Gasteiger partial charge < -0.3 is 4.90 Å². The second-order valence-electron chi connectivity index (χ2n) is 5.53. The van der Waals surface area contributed by atoms with Crippen molar-refractivity contribution in [2.24, 2.45) is 0 Å². The molecule has 0 unspecified atom stereocenters. The first-order chi connectivity index (χ1) is 9.79. The Balaban J connectivity index is 2.17. The molecule has 0 aliphatic carbocycles. The van der Waals surface area contributed by atoms with Crippen LogP contribution in [-0.2, 0) is 0 Å². The summed E-state index contributed by atoms with van der Waals surface area (Å²) in [6.45, 7) is 3.29. The van der Waals surface area contributed by atoms with Crippen molar-refractivity contribution in [2.75, 3.05) is 18.5 Å². The van der Waals surface area contributed by atoms with E-state index in [9.17, 15) is 0 Å². The molecule has 0 heterocycles. The molecule has 0 radical (unpaired) electrons. The van der Waals surface area contributed by atoms with Gasteiger partial charge >= 0.3 is 0 Å². The summed E-state index contributed by atoms with van der Waals surface area (Å²) in [6, 6.07) is 10.1. The molecule has 20 heavy (non-hydrogen) atoms. The van der Waals surface area contributed by atoms with E-state index in [1.165, 1.54) is 51.4 Å². The fourth-order valence-corrected chi connectivity index (χ4v) is 2.50. The van der Waals surface area contributed by atoms with Gasteiger partial charge in [0.1, 0.15) is 6.07 Å². The highest BCUT2D eigenvalue weighted by molar-refractivity contribution is 5.58. The normalized spacial score (nSPS) is 10.2. The lowest BCUT2D eigenvalue weighted by Gasteiger charge is -2.20. The maximum absolute atomic E-state index is 9.10. The summed E-state index contributed by atoms with van der Waals surface area (Å²) in [4.78, 5) is 2.20. The molecule has 0 aliphatic rings. The topological polar surface area (TPSA) is 27.0 Å². The second kappa shape index (κ2) is 10.3. The van der Waals surface area contributed by atoms with Gasteiger partial charge in [0.05, 0.1) is 11.3 Å². The SMILES string of the molecule is CCCCCCCCCCN(C)c1ccccc1C#N. The average molecular weight is 272 g/mol. The van der Waals surface area contributed by atoms with Crippen molar-refractivity contribution in [3.05, 3.63) is 29.8 Å². The van der Waals surface area contributed by atoms with Crippen LogP contribution in [0.3, 0.4) is 0 Å². The molecule has 2 heteroatoms. The predicted molar refractivity (Wildman–Crippen MR) is 87.0 cm³/mol. The minimum Gasteiger partial charge on any atom is -0.374 e. The lowest BCUT2D eigenvalue weighted by molar-refractivity contribution is 0.575. The van der Waals surface area contributed by atoms with Gasteiger partial charge in [-0.05, 0) is 18.6 Å². The summed E-state index contributed by atoms with van der Waals surface area (Å²) >= 11 is 0. The zero-order valence-electron chi connectivity index (χ0n) is 13.1.